The lowest BCUT2D eigenvalue weighted by Gasteiger charge is -2.09. The Bertz CT molecular complexity index is 1190. The average Bonchev–Trinajstić information content (AvgIpc) is 3.05. The van der Waals surface area contributed by atoms with Crippen LogP contribution in [0.3, 0.4) is 0 Å². The van der Waals surface area contributed by atoms with Gasteiger partial charge in [0.2, 0.25) is 11.6 Å². The monoisotopic (exact) mass is 394 g/mol. The Morgan fingerprint density at radius 3 is 2.89 bits per heavy atom. The van der Waals surface area contributed by atoms with Crippen molar-refractivity contribution in [2.24, 2.45) is 0 Å². The third-order valence-corrected chi connectivity index (χ3v) is 5.21. The summed E-state index contributed by atoms with van der Waals surface area (Å²) in [5.41, 5.74) is 4.35. The molecule has 1 aromatic carbocycles. The predicted octanol–water partition coefficient (Wildman–Crippen LogP) is 4.13. The molecule has 0 atom stereocenters. The van der Waals surface area contributed by atoms with Crippen LogP contribution in [0, 0.1) is 13.8 Å². The Labute approximate surface area is 165 Å². The number of thioether (sulfide) groups is 1. The fourth-order valence-corrected chi connectivity index (χ4v) is 3.79. The molecule has 28 heavy (non-hydrogen) atoms. The van der Waals surface area contributed by atoms with E-state index in [1.54, 1.807) is 19.2 Å². The number of amides is 1. The minimum atomic E-state index is -0.164. The maximum absolute atomic E-state index is 12.4. The Morgan fingerprint density at radius 2 is 2.07 bits per heavy atom. The molecule has 0 aliphatic rings. The molecule has 3 heterocycles. The van der Waals surface area contributed by atoms with Crippen molar-refractivity contribution in [2.45, 2.75) is 18.9 Å². The van der Waals surface area contributed by atoms with Crippen LogP contribution in [0.15, 0.2) is 46.1 Å². The number of carbonyl (C=O) groups is 1. The molecule has 142 valence electrons. The second kappa shape index (κ2) is 7.47. The fourth-order valence-electron chi connectivity index (χ4n) is 3.06. The van der Waals surface area contributed by atoms with Gasteiger partial charge in [-0.15, -0.1) is 0 Å². The number of anilines is 1. The van der Waals surface area contributed by atoms with Gasteiger partial charge in [0.25, 0.3) is 0 Å². The maximum Gasteiger partial charge on any atom is 0.234 e. The third-order valence-electron chi connectivity index (χ3n) is 4.24. The fraction of sp³-hybridized carbons (Fsp3) is 0.200. The van der Waals surface area contributed by atoms with Crippen molar-refractivity contribution >= 4 is 45.6 Å². The Hall–Kier alpha value is -3.13. The molecule has 4 aromatic rings. The Morgan fingerprint density at radius 1 is 1.25 bits per heavy atom. The first kappa shape index (κ1) is 18.2. The SMILES string of the molecule is COc1ccccc1NC(=O)CSc1ncnc2c1oc1nc(C)cc(C)c12. The molecule has 1 N–H and O–H groups in total. The number of hydrogen-bond donors (Lipinski definition) is 1. The van der Waals surface area contributed by atoms with Gasteiger partial charge in [0, 0.05) is 5.69 Å². The number of hydrogen-bond acceptors (Lipinski definition) is 7. The molecular formula is C20H18N4O3S. The van der Waals surface area contributed by atoms with Crippen molar-refractivity contribution in [3.8, 4) is 5.75 Å². The van der Waals surface area contributed by atoms with Gasteiger partial charge in [-0.3, -0.25) is 4.79 Å². The molecule has 0 saturated heterocycles. The van der Waals surface area contributed by atoms with E-state index in [0.717, 1.165) is 16.6 Å². The first-order chi connectivity index (χ1) is 13.6. The van der Waals surface area contributed by atoms with E-state index in [2.05, 4.69) is 20.3 Å². The quantitative estimate of drug-likeness (QED) is 0.402. The number of aryl methyl sites for hydroxylation is 2. The summed E-state index contributed by atoms with van der Waals surface area (Å²) in [6.07, 6.45) is 1.48. The molecule has 8 heteroatoms. The summed E-state index contributed by atoms with van der Waals surface area (Å²) in [6.45, 7) is 3.92. The number of para-hydroxylation sites is 2. The lowest BCUT2D eigenvalue weighted by Crippen LogP contribution is -2.14. The minimum absolute atomic E-state index is 0.164. The van der Waals surface area contributed by atoms with Crippen molar-refractivity contribution in [1.82, 2.24) is 15.0 Å². The summed E-state index contributed by atoms with van der Waals surface area (Å²) < 4.78 is 11.2. The van der Waals surface area contributed by atoms with E-state index in [-0.39, 0.29) is 11.7 Å². The summed E-state index contributed by atoms with van der Waals surface area (Å²) >= 11 is 1.29. The van der Waals surface area contributed by atoms with Gasteiger partial charge in [0.1, 0.15) is 22.6 Å². The van der Waals surface area contributed by atoms with Crippen LogP contribution in [0.2, 0.25) is 0 Å². The molecule has 0 aliphatic heterocycles. The molecule has 0 spiro atoms. The van der Waals surface area contributed by atoms with Crippen molar-refractivity contribution < 1.29 is 13.9 Å². The summed E-state index contributed by atoms with van der Waals surface area (Å²) in [7, 11) is 1.57. The Balaban J connectivity index is 1.58. The third kappa shape index (κ3) is 3.38. The van der Waals surface area contributed by atoms with Gasteiger partial charge in [-0.1, -0.05) is 23.9 Å². The van der Waals surface area contributed by atoms with Crippen molar-refractivity contribution in [3.05, 3.63) is 47.9 Å². The zero-order valence-electron chi connectivity index (χ0n) is 15.6. The van der Waals surface area contributed by atoms with Gasteiger partial charge in [-0.2, -0.15) is 0 Å². The van der Waals surface area contributed by atoms with Crippen molar-refractivity contribution in [1.29, 1.82) is 0 Å². The number of methoxy groups -OCH3 is 1. The second-order valence-corrected chi connectivity index (χ2v) is 7.22. The molecule has 7 nitrogen and oxygen atoms in total. The number of ether oxygens (including phenoxy) is 1. The topological polar surface area (TPSA) is 90.1 Å². The van der Waals surface area contributed by atoms with Gasteiger partial charge in [0.05, 0.1) is 23.9 Å². The molecule has 0 radical (unpaired) electrons. The Kier molecular flexibility index (Phi) is 4.87. The first-order valence-corrected chi connectivity index (χ1v) is 9.62. The normalized spacial score (nSPS) is 11.1. The van der Waals surface area contributed by atoms with Crippen LogP contribution in [-0.2, 0) is 4.79 Å². The number of nitrogens with one attached hydrogen (secondary N) is 1. The first-order valence-electron chi connectivity index (χ1n) is 8.64. The van der Waals surface area contributed by atoms with Gasteiger partial charge in [-0.05, 0) is 37.6 Å². The van der Waals surface area contributed by atoms with Crippen LogP contribution in [0.4, 0.5) is 5.69 Å². The van der Waals surface area contributed by atoms with E-state index in [0.29, 0.717) is 33.3 Å². The molecule has 1 amide bonds. The highest BCUT2D eigenvalue weighted by atomic mass is 32.2. The summed E-state index contributed by atoms with van der Waals surface area (Å²) in [5, 5.41) is 4.34. The summed E-state index contributed by atoms with van der Waals surface area (Å²) in [6, 6.07) is 9.26. The average molecular weight is 394 g/mol. The van der Waals surface area contributed by atoms with E-state index in [1.807, 2.05) is 32.0 Å². The van der Waals surface area contributed by atoms with E-state index in [4.69, 9.17) is 9.15 Å². The number of fused-ring (bicyclic) bond motifs is 3. The number of carbonyl (C=O) groups excluding carboxylic acids is 1. The smallest absolute Gasteiger partial charge is 0.234 e. The molecule has 0 saturated carbocycles. The lowest BCUT2D eigenvalue weighted by atomic mass is 10.1. The van der Waals surface area contributed by atoms with Crippen molar-refractivity contribution in [2.75, 3.05) is 18.2 Å². The summed E-state index contributed by atoms with van der Waals surface area (Å²) in [5.74, 6) is 0.620. The second-order valence-electron chi connectivity index (χ2n) is 6.26. The number of pyridine rings is 1. The zero-order chi connectivity index (χ0) is 19.7. The predicted molar refractivity (Wildman–Crippen MR) is 109 cm³/mol. The van der Waals surface area contributed by atoms with Crippen LogP contribution >= 0.6 is 11.8 Å². The highest BCUT2D eigenvalue weighted by molar-refractivity contribution is 8.00. The van der Waals surface area contributed by atoms with Gasteiger partial charge in [-0.25, -0.2) is 15.0 Å². The number of rotatable bonds is 5. The van der Waals surface area contributed by atoms with E-state index >= 15 is 0 Å². The zero-order valence-corrected chi connectivity index (χ0v) is 16.5. The van der Waals surface area contributed by atoms with Crippen LogP contribution < -0.4 is 10.1 Å². The van der Waals surface area contributed by atoms with E-state index in [1.165, 1.54) is 18.1 Å². The molecule has 4 rings (SSSR count). The van der Waals surface area contributed by atoms with Crippen LogP contribution in [0.5, 0.6) is 5.75 Å². The van der Waals surface area contributed by atoms with E-state index < -0.39 is 0 Å². The molecule has 3 aromatic heterocycles. The number of furan rings is 1. The maximum atomic E-state index is 12.4. The lowest BCUT2D eigenvalue weighted by molar-refractivity contribution is -0.113. The van der Waals surface area contributed by atoms with Crippen LogP contribution in [0.1, 0.15) is 11.3 Å². The summed E-state index contributed by atoms with van der Waals surface area (Å²) in [4.78, 5) is 25.5. The minimum Gasteiger partial charge on any atom is -0.495 e. The molecule has 0 bridgehead atoms. The number of nitrogens with zero attached hydrogens (tertiary/aromatic N) is 3. The van der Waals surface area contributed by atoms with E-state index in [9.17, 15) is 4.79 Å². The number of aromatic nitrogens is 3. The molecular weight excluding hydrogens is 376 g/mol. The molecule has 0 aliphatic carbocycles. The van der Waals surface area contributed by atoms with Gasteiger partial charge >= 0.3 is 0 Å². The molecule has 0 fully saturated rings. The van der Waals surface area contributed by atoms with Crippen LogP contribution in [-0.4, -0.2) is 33.7 Å². The van der Waals surface area contributed by atoms with Crippen molar-refractivity contribution in [3.63, 3.8) is 0 Å². The number of benzene rings is 1. The van der Waals surface area contributed by atoms with Gasteiger partial charge < -0.3 is 14.5 Å². The largest absolute Gasteiger partial charge is 0.495 e. The van der Waals surface area contributed by atoms with Crippen LogP contribution in [0.25, 0.3) is 22.2 Å². The standard InChI is InChI=1S/C20H18N4O3S/c1-11-8-12(2)23-19-16(11)17-18(27-19)20(22-10-21-17)28-9-15(25)24-13-6-4-5-7-14(13)26-3/h4-8,10H,9H2,1-3H3,(H,24,25). The molecule has 0 unspecified atom stereocenters. The highest BCUT2D eigenvalue weighted by Crippen LogP contribution is 2.33. The van der Waals surface area contributed by atoms with Gasteiger partial charge in [0.15, 0.2) is 5.58 Å². The highest BCUT2D eigenvalue weighted by Gasteiger charge is 2.17.